The van der Waals surface area contributed by atoms with Crippen molar-refractivity contribution in [2.45, 2.75) is 19.3 Å². The highest BCUT2D eigenvalue weighted by molar-refractivity contribution is 7.18. The van der Waals surface area contributed by atoms with E-state index in [1.807, 2.05) is 12.1 Å². The van der Waals surface area contributed by atoms with Crippen molar-refractivity contribution in [2.75, 3.05) is 10.6 Å². The molecule has 4 rings (SSSR count). The van der Waals surface area contributed by atoms with Crippen molar-refractivity contribution in [1.29, 1.82) is 0 Å². The van der Waals surface area contributed by atoms with E-state index in [-0.39, 0.29) is 17.6 Å². The van der Waals surface area contributed by atoms with Crippen molar-refractivity contribution in [2.24, 2.45) is 0 Å². The highest BCUT2D eigenvalue weighted by atomic mass is 32.1. The molecule has 0 radical (unpaired) electrons. The Kier molecular flexibility index (Phi) is 4.11. The molecule has 0 fully saturated rings. The predicted molar refractivity (Wildman–Crippen MR) is 97.4 cm³/mol. The predicted octanol–water partition coefficient (Wildman–Crippen LogP) is 4.33. The lowest BCUT2D eigenvalue weighted by molar-refractivity contribution is 0.0995. The lowest BCUT2D eigenvalue weighted by Crippen LogP contribution is -2.11. The maximum Gasteiger partial charge on any atom is 0.291 e. The van der Waals surface area contributed by atoms with E-state index >= 15 is 0 Å². The van der Waals surface area contributed by atoms with Crippen molar-refractivity contribution in [3.63, 3.8) is 0 Å². The van der Waals surface area contributed by atoms with Crippen LogP contribution in [0.1, 0.15) is 37.8 Å². The van der Waals surface area contributed by atoms with Crippen LogP contribution in [0.2, 0.25) is 0 Å². The molecule has 0 bridgehead atoms. The first-order chi connectivity index (χ1) is 12.2. The molecule has 0 saturated carbocycles. The third-order valence-corrected chi connectivity index (χ3v) is 5.17. The zero-order chi connectivity index (χ0) is 17.2. The minimum absolute atomic E-state index is 0.179. The number of anilines is 2. The van der Waals surface area contributed by atoms with Crippen molar-refractivity contribution in [1.82, 2.24) is 0 Å². The Bertz CT molecular complexity index is 928. The molecule has 126 valence electrons. The second-order valence-corrected chi connectivity index (χ2v) is 6.97. The molecule has 2 aromatic heterocycles. The molecule has 1 aliphatic rings. The van der Waals surface area contributed by atoms with E-state index in [1.165, 1.54) is 35.1 Å². The van der Waals surface area contributed by atoms with E-state index < -0.39 is 0 Å². The van der Waals surface area contributed by atoms with Crippen LogP contribution in [0.3, 0.4) is 0 Å². The summed E-state index contributed by atoms with van der Waals surface area (Å²) in [6.07, 6.45) is 4.81. The second-order valence-electron chi connectivity index (χ2n) is 5.89. The van der Waals surface area contributed by atoms with Crippen LogP contribution in [0.4, 0.5) is 10.7 Å². The third kappa shape index (κ3) is 3.34. The summed E-state index contributed by atoms with van der Waals surface area (Å²) >= 11 is 1.23. The molecule has 2 N–H and O–H groups in total. The van der Waals surface area contributed by atoms with E-state index in [4.69, 9.17) is 4.42 Å². The first-order valence-corrected chi connectivity index (χ1v) is 8.88. The van der Waals surface area contributed by atoms with E-state index in [0.717, 1.165) is 18.5 Å². The van der Waals surface area contributed by atoms with Gasteiger partial charge >= 0.3 is 0 Å². The number of thiophene rings is 1. The van der Waals surface area contributed by atoms with Crippen molar-refractivity contribution in [3.05, 3.63) is 70.5 Å². The fraction of sp³-hybridized carbons (Fsp3) is 0.158. The van der Waals surface area contributed by atoms with Gasteiger partial charge in [0.15, 0.2) is 5.76 Å². The summed E-state index contributed by atoms with van der Waals surface area (Å²) in [6, 6.07) is 12.7. The normalized spacial score (nSPS) is 12.6. The Morgan fingerprint density at radius 3 is 2.68 bits per heavy atom. The highest BCUT2D eigenvalue weighted by Crippen LogP contribution is 2.27. The van der Waals surface area contributed by atoms with Gasteiger partial charge in [0.25, 0.3) is 11.8 Å². The highest BCUT2D eigenvalue weighted by Gasteiger charge is 2.15. The third-order valence-electron chi connectivity index (χ3n) is 4.17. The fourth-order valence-electron chi connectivity index (χ4n) is 2.95. The maximum absolute atomic E-state index is 12.4. The molecule has 0 saturated heterocycles. The van der Waals surface area contributed by atoms with Gasteiger partial charge in [-0.15, -0.1) is 11.3 Å². The molecule has 6 heteroatoms. The minimum atomic E-state index is -0.336. The van der Waals surface area contributed by atoms with E-state index in [2.05, 4.69) is 16.7 Å². The largest absolute Gasteiger partial charge is 0.459 e. The molecular weight excluding hydrogens is 336 g/mol. The molecule has 1 aliphatic carbocycles. The van der Waals surface area contributed by atoms with Gasteiger partial charge in [-0.05, 0) is 66.8 Å². The number of aryl methyl sites for hydroxylation is 2. The molecule has 0 unspecified atom stereocenters. The molecule has 0 atom stereocenters. The standard InChI is InChI=1S/C19H16N2O3S/c22-18(15-5-2-10-24-15)21-17-9-8-16(25-17)19(23)20-14-7-6-12-3-1-4-13(12)11-14/h2,5-11H,1,3-4H2,(H,20,23)(H,21,22). The van der Waals surface area contributed by atoms with Crippen LogP contribution in [-0.2, 0) is 12.8 Å². The number of amides is 2. The van der Waals surface area contributed by atoms with Crippen molar-refractivity contribution >= 4 is 33.8 Å². The van der Waals surface area contributed by atoms with Crippen molar-refractivity contribution in [3.8, 4) is 0 Å². The molecule has 0 aliphatic heterocycles. The summed E-state index contributed by atoms with van der Waals surface area (Å²) in [5, 5.41) is 6.24. The van der Waals surface area contributed by atoms with Gasteiger partial charge in [-0.3, -0.25) is 9.59 Å². The van der Waals surface area contributed by atoms with Gasteiger partial charge in [-0.2, -0.15) is 0 Å². The maximum atomic E-state index is 12.4. The summed E-state index contributed by atoms with van der Waals surface area (Å²) in [6.45, 7) is 0. The zero-order valence-corrected chi connectivity index (χ0v) is 14.2. The quantitative estimate of drug-likeness (QED) is 0.734. The molecule has 2 amide bonds. The molecule has 0 spiro atoms. The van der Waals surface area contributed by atoms with Crippen LogP contribution < -0.4 is 10.6 Å². The van der Waals surface area contributed by atoms with Crippen LogP contribution in [0.5, 0.6) is 0 Å². The van der Waals surface area contributed by atoms with E-state index in [0.29, 0.717) is 9.88 Å². The molecule has 5 nitrogen and oxygen atoms in total. The summed E-state index contributed by atoms with van der Waals surface area (Å²) in [5.74, 6) is -0.281. The summed E-state index contributed by atoms with van der Waals surface area (Å²) in [7, 11) is 0. The number of hydrogen-bond donors (Lipinski definition) is 2. The Labute approximate surface area is 148 Å². The van der Waals surface area contributed by atoms with Gasteiger partial charge in [0.05, 0.1) is 16.1 Å². The van der Waals surface area contributed by atoms with Crippen LogP contribution in [0.15, 0.2) is 53.1 Å². The first-order valence-electron chi connectivity index (χ1n) is 8.07. The van der Waals surface area contributed by atoms with Gasteiger partial charge in [0.2, 0.25) is 0 Å². The zero-order valence-electron chi connectivity index (χ0n) is 13.4. The first kappa shape index (κ1) is 15.7. The molecule has 2 heterocycles. The number of fused-ring (bicyclic) bond motifs is 1. The lowest BCUT2D eigenvalue weighted by atomic mass is 10.1. The van der Waals surface area contributed by atoms with Gasteiger partial charge in [-0.25, -0.2) is 0 Å². The number of furan rings is 1. The smallest absolute Gasteiger partial charge is 0.291 e. The summed E-state index contributed by atoms with van der Waals surface area (Å²) in [5.41, 5.74) is 3.49. The Morgan fingerprint density at radius 1 is 0.960 bits per heavy atom. The van der Waals surface area contributed by atoms with Gasteiger partial charge in [0.1, 0.15) is 0 Å². The average Bonchev–Trinajstić information content (AvgIpc) is 3.35. The van der Waals surface area contributed by atoms with Crippen molar-refractivity contribution < 1.29 is 14.0 Å². The number of hydrogen-bond acceptors (Lipinski definition) is 4. The Morgan fingerprint density at radius 2 is 1.84 bits per heavy atom. The Hall–Kier alpha value is -2.86. The number of benzene rings is 1. The average molecular weight is 352 g/mol. The summed E-state index contributed by atoms with van der Waals surface area (Å²) in [4.78, 5) is 24.9. The number of carbonyl (C=O) groups is 2. The van der Waals surface area contributed by atoms with Crippen LogP contribution in [0, 0.1) is 0 Å². The van der Waals surface area contributed by atoms with Gasteiger partial charge < -0.3 is 15.1 Å². The topological polar surface area (TPSA) is 71.3 Å². The second kappa shape index (κ2) is 6.57. The number of nitrogens with one attached hydrogen (secondary N) is 2. The number of carbonyl (C=O) groups excluding carboxylic acids is 2. The molecule has 3 aromatic rings. The van der Waals surface area contributed by atoms with E-state index in [9.17, 15) is 9.59 Å². The van der Waals surface area contributed by atoms with E-state index in [1.54, 1.807) is 24.3 Å². The monoisotopic (exact) mass is 352 g/mol. The van der Waals surface area contributed by atoms with Gasteiger partial charge in [0, 0.05) is 5.69 Å². The fourth-order valence-corrected chi connectivity index (χ4v) is 3.75. The number of rotatable bonds is 4. The SMILES string of the molecule is O=C(Nc1ccc(C(=O)Nc2ccc3c(c2)CCC3)s1)c1ccco1. The van der Waals surface area contributed by atoms with Gasteiger partial charge in [-0.1, -0.05) is 6.07 Å². The van der Waals surface area contributed by atoms with Crippen LogP contribution in [-0.4, -0.2) is 11.8 Å². The Balaban J connectivity index is 1.43. The molecule has 25 heavy (non-hydrogen) atoms. The van der Waals surface area contributed by atoms with Crippen LogP contribution in [0.25, 0.3) is 0 Å². The van der Waals surface area contributed by atoms with Crippen LogP contribution >= 0.6 is 11.3 Å². The molecular formula is C19H16N2O3S. The molecule has 1 aromatic carbocycles. The summed E-state index contributed by atoms with van der Waals surface area (Å²) < 4.78 is 5.05. The lowest BCUT2D eigenvalue weighted by Gasteiger charge is -2.06. The minimum Gasteiger partial charge on any atom is -0.459 e.